The van der Waals surface area contributed by atoms with E-state index >= 15 is 0 Å². The molecule has 0 aliphatic carbocycles. The van der Waals surface area contributed by atoms with E-state index < -0.39 is 0 Å². The predicted octanol–water partition coefficient (Wildman–Crippen LogP) is 15.2. The van der Waals surface area contributed by atoms with Crippen molar-refractivity contribution in [3.63, 3.8) is 0 Å². The van der Waals surface area contributed by atoms with Crippen molar-refractivity contribution in [3.8, 4) is 0 Å². The molecule has 0 aromatic heterocycles. The van der Waals surface area contributed by atoms with E-state index in [4.69, 9.17) is 5.73 Å². The Morgan fingerprint density at radius 3 is 0.980 bits per heavy atom. The Hall–Kier alpha value is 0.130. The zero-order valence-electron chi connectivity index (χ0n) is 33.9. The second kappa shape index (κ2) is 42.5. The molecule has 0 aromatic rings. The number of amides is 1. The summed E-state index contributed by atoms with van der Waals surface area (Å²) in [7, 11) is 3.70. The smallest absolute Gasteiger partial charge is 0.240 e. The van der Waals surface area contributed by atoms with E-state index in [0.717, 1.165) is 31.7 Å². The highest BCUT2D eigenvalue weighted by Gasteiger charge is 2.20. The van der Waals surface area contributed by atoms with Crippen molar-refractivity contribution in [3.05, 3.63) is 0 Å². The summed E-state index contributed by atoms with van der Waals surface area (Å²) in [6, 6.07) is -0.356. The molecule has 0 spiro atoms. The minimum atomic E-state index is -0.356. The van der Waals surface area contributed by atoms with Crippen LogP contribution in [0.25, 0.3) is 0 Å². The Labute approximate surface area is 317 Å². The second-order valence-electron chi connectivity index (χ2n) is 15.4. The Morgan fingerprint density at radius 2 is 0.673 bits per heavy atom. The number of carbonyl (C=O) groups is 1. The molecule has 5 heteroatoms. The summed E-state index contributed by atoms with van der Waals surface area (Å²) in [6.45, 7) is 8.65. The van der Waals surface area contributed by atoms with Gasteiger partial charge in [-0.15, -0.1) is 0 Å². The highest BCUT2D eigenvalue weighted by molar-refractivity contribution is 8.76. The van der Waals surface area contributed by atoms with Gasteiger partial charge in [0.1, 0.15) is 0 Å². The molecular weight excluding hydrogens is 637 g/mol. The average molecular weight is 727 g/mol. The van der Waals surface area contributed by atoms with E-state index in [1.807, 2.05) is 10.8 Å². The molecule has 0 saturated heterocycles. The van der Waals surface area contributed by atoms with Crippen molar-refractivity contribution < 1.29 is 4.79 Å². The number of hydrogen-bond acceptors (Lipinski definition) is 4. The number of rotatable bonds is 42. The number of carbonyl (C=O) groups excluding carboxylic acids is 1. The topological polar surface area (TPSA) is 46.3 Å². The van der Waals surface area contributed by atoms with Gasteiger partial charge in [0.05, 0.1) is 6.04 Å². The average Bonchev–Trinajstić information content (AvgIpc) is 3.11. The van der Waals surface area contributed by atoms with E-state index in [9.17, 15) is 4.79 Å². The molecule has 3 nitrogen and oxygen atoms in total. The summed E-state index contributed by atoms with van der Waals surface area (Å²) < 4.78 is 0. The third-order valence-corrected chi connectivity index (χ3v) is 12.9. The van der Waals surface area contributed by atoms with Gasteiger partial charge >= 0.3 is 0 Å². The van der Waals surface area contributed by atoms with Crippen LogP contribution in [0.3, 0.4) is 0 Å². The van der Waals surface area contributed by atoms with Crippen molar-refractivity contribution in [1.29, 1.82) is 0 Å². The third kappa shape index (κ3) is 37.7. The summed E-state index contributed by atoms with van der Waals surface area (Å²) >= 11 is 0. The molecule has 1 atom stereocenters. The van der Waals surface area contributed by atoms with Gasteiger partial charge in [0.2, 0.25) is 5.91 Å². The molecule has 0 radical (unpaired) electrons. The van der Waals surface area contributed by atoms with Gasteiger partial charge in [-0.2, -0.15) is 0 Å². The van der Waals surface area contributed by atoms with Gasteiger partial charge < -0.3 is 10.6 Å². The van der Waals surface area contributed by atoms with Crippen molar-refractivity contribution in [1.82, 2.24) is 4.90 Å². The molecule has 0 bridgehead atoms. The van der Waals surface area contributed by atoms with Crippen molar-refractivity contribution in [2.45, 2.75) is 252 Å². The molecule has 0 fully saturated rings. The number of hydrogen-bond donors (Lipinski definition) is 1. The van der Waals surface area contributed by atoms with Crippen LogP contribution in [0, 0.1) is 0 Å². The largest absolute Gasteiger partial charge is 0.341 e. The first-order chi connectivity index (χ1) is 24.2. The van der Waals surface area contributed by atoms with Crippen molar-refractivity contribution >= 4 is 27.5 Å². The highest BCUT2D eigenvalue weighted by atomic mass is 33.1. The summed E-state index contributed by atoms with van der Waals surface area (Å²) in [5.74, 6) is 2.11. The fraction of sp³-hybridized carbons (Fsp3) is 0.977. The minimum absolute atomic E-state index is 0.198. The molecule has 0 aromatic carbocycles. The Kier molecular flexibility index (Phi) is 42.7. The Bertz CT molecular complexity index is 598. The first-order valence-electron chi connectivity index (χ1n) is 22.5. The van der Waals surface area contributed by atoms with Crippen LogP contribution in [0.2, 0.25) is 0 Å². The van der Waals surface area contributed by atoms with Gasteiger partial charge in [0.15, 0.2) is 0 Å². The minimum Gasteiger partial charge on any atom is -0.341 e. The molecule has 0 rings (SSSR count). The van der Waals surface area contributed by atoms with Gasteiger partial charge in [-0.05, 0) is 19.3 Å². The molecule has 2 N–H and O–H groups in total. The lowest BCUT2D eigenvalue weighted by atomic mass is 10.0. The number of nitrogens with two attached hydrogens (primary N) is 1. The van der Waals surface area contributed by atoms with Gasteiger partial charge in [-0.25, -0.2) is 0 Å². The zero-order chi connectivity index (χ0) is 35.7. The molecule has 294 valence electrons. The second-order valence-corrected chi connectivity index (χ2v) is 18.0. The van der Waals surface area contributed by atoms with Crippen LogP contribution < -0.4 is 5.73 Å². The SMILES string of the molecule is CCCCCCCCCCCCCCCCCCN(CCCCCCCCCCCCCCCCCC)C(=O)[C@@H](N)CSSCCCCC. The Morgan fingerprint density at radius 1 is 0.408 bits per heavy atom. The Balaban J connectivity index is 4.07. The van der Waals surface area contributed by atoms with Gasteiger partial charge in [0, 0.05) is 24.6 Å². The lowest BCUT2D eigenvalue weighted by Gasteiger charge is -2.26. The van der Waals surface area contributed by atoms with Crippen LogP contribution in [0.15, 0.2) is 0 Å². The van der Waals surface area contributed by atoms with Crippen LogP contribution in [0.4, 0.5) is 0 Å². The molecule has 49 heavy (non-hydrogen) atoms. The van der Waals surface area contributed by atoms with Gasteiger partial charge in [-0.1, -0.05) is 248 Å². The lowest BCUT2D eigenvalue weighted by molar-refractivity contribution is -0.132. The molecule has 0 aliphatic rings. The van der Waals surface area contributed by atoms with Gasteiger partial charge in [0.25, 0.3) is 0 Å². The summed E-state index contributed by atoms with van der Waals surface area (Å²) in [4.78, 5) is 15.5. The maximum absolute atomic E-state index is 13.4. The normalized spacial score (nSPS) is 12.2. The summed E-state index contributed by atoms with van der Waals surface area (Å²) in [5, 5.41) is 0. The van der Waals surface area contributed by atoms with E-state index in [-0.39, 0.29) is 11.9 Å². The quantitative estimate of drug-likeness (QED) is 0.0502. The number of unbranched alkanes of at least 4 members (excludes halogenated alkanes) is 32. The van der Waals surface area contributed by atoms with Crippen molar-refractivity contribution in [2.24, 2.45) is 5.73 Å². The monoisotopic (exact) mass is 727 g/mol. The van der Waals surface area contributed by atoms with E-state index in [0.29, 0.717) is 0 Å². The molecule has 0 aliphatic heterocycles. The highest BCUT2D eigenvalue weighted by Crippen LogP contribution is 2.24. The van der Waals surface area contributed by atoms with E-state index in [1.54, 1.807) is 10.8 Å². The molecule has 1 amide bonds. The van der Waals surface area contributed by atoms with Gasteiger partial charge in [-0.3, -0.25) is 4.79 Å². The van der Waals surface area contributed by atoms with Crippen LogP contribution in [-0.2, 0) is 4.79 Å². The molecule has 0 saturated carbocycles. The zero-order valence-corrected chi connectivity index (χ0v) is 35.5. The lowest BCUT2D eigenvalue weighted by Crippen LogP contribution is -2.45. The van der Waals surface area contributed by atoms with Crippen molar-refractivity contribution in [2.75, 3.05) is 24.6 Å². The molecular formula is C44H90N2OS2. The summed E-state index contributed by atoms with van der Waals surface area (Å²) in [6.07, 6.45) is 48.1. The maximum Gasteiger partial charge on any atom is 0.240 e. The fourth-order valence-corrected chi connectivity index (χ4v) is 9.19. The van der Waals surface area contributed by atoms with Crippen LogP contribution in [-0.4, -0.2) is 41.4 Å². The first kappa shape index (κ1) is 49.1. The summed E-state index contributed by atoms with van der Waals surface area (Å²) in [5.41, 5.74) is 6.46. The van der Waals surface area contributed by atoms with Crippen LogP contribution in [0.5, 0.6) is 0 Å². The standard InChI is InChI=1S/C44H90N2OS2/c1-4-7-10-12-14-16-18-20-22-24-26-28-30-32-34-36-39-46(44(47)43(45)42-49-48-41-38-9-6-3)40-37-35-33-31-29-27-25-23-21-19-17-15-13-11-8-5-2/h43H,4-42,45H2,1-3H3/t43-/m0/s1. The molecule has 0 heterocycles. The predicted molar refractivity (Wildman–Crippen MR) is 228 cm³/mol. The number of nitrogens with zero attached hydrogens (tertiary/aromatic N) is 1. The molecule has 0 unspecified atom stereocenters. The maximum atomic E-state index is 13.4. The third-order valence-electron chi connectivity index (χ3n) is 10.4. The van der Waals surface area contributed by atoms with Crippen LogP contribution >= 0.6 is 21.6 Å². The van der Waals surface area contributed by atoms with E-state index in [2.05, 4.69) is 25.7 Å². The van der Waals surface area contributed by atoms with Crippen LogP contribution in [0.1, 0.15) is 245 Å². The van der Waals surface area contributed by atoms with E-state index in [1.165, 1.54) is 218 Å². The first-order valence-corrected chi connectivity index (χ1v) is 24.9. The fourth-order valence-electron chi connectivity index (χ4n) is 6.93.